The van der Waals surface area contributed by atoms with Crippen LogP contribution in [0.1, 0.15) is 31.4 Å². The van der Waals surface area contributed by atoms with E-state index in [2.05, 4.69) is 10.3 Å². The van der Waals surface area contributed by atoms with Gasteiger partial charge in [0, 0.05) is 19.3 Å². The van der Waals surface area contributed by atoms with Crippen LogP contribution >= 0.6 is 24.0 Å². The second kappa shape index (κ2) is 10.9. The number of thiocarbonyl (C=S) groups is 1. The fourth-order valence-electron chi connectivity index (χ4n) is 3.95. The first-order valence-electron chi connectivity index (χ1n) is 11.9. The molecular formula is C26H26N4O5S2. The van der Waals surface area contributed by atoms with Gasteiger partial charge in [-0.05, 0) is 56.2 Å². The highest BCUT2D eigenvalue weighted by Crippen LogP contribution is 2.36. The Morgan fingerprint density at radius 2 is 2.05 bits per heavy atom. The predicted molar refractivity (Wildman–Crippen MR) is 147 cm³/mol. The van der Waals surface area contributed by atoms with Gasteiger partial charge in [0.1, 0.15) is 15.8 Å². The fraction of sp³-hybridized carbons (Fsp3) is 0.308. The van der Waals surface area contributed by atoms with Crippen LogP contribution in [0.3, 0.4) is 0 Å². The summed E-state index contributed by atoms with van der Waals surface area (Å²) >= 11 is 6.68. The number of pyridine rings is 1. The summed E-state index contributed by atoms with van der Waals surface area (Å²) in [6, 6.07) is 10.9. The van der Waals surface area contributed by atoms with Crippen molar-refractivity contribution in [2.75, 3.05) is 25.3 Å². The number of hydrogen-bond donors (Lipinski definition) is 1. The summed E-state index contributed by atoms with van der Waals surface area (Å²) in [7, 11) is 0. The van der Waals surface area contributed by atoms with E-state index in [1.807, 2.05) is 38.1 Å². The summed E-state index contributed by atoms with van der Waals surface area (Å²) < 4.78 is 18.3. The third-order valence-corrected chi connectivity index (χ3v) is 7.14. The van der Waals surface area contributed by atoms with Crippen LogP contribution in [0, 0.1) is 0 Å². The number of fused-ring (bicyclic) bond motifs is 2. The molecule has 9 nitrogen and oxygen atoms in total. The van der Waals surface area contributed by atoms with Crippen LogP contribution in [-0.4, -0.2) is 50.6 Å². The van der Waals surface area contributed by atoms with E-state index in [-0.39, 0.29) is 30.9 Å². The van der Waals surface area contributed by atoms with Crippen molar-refractivity contribution in [2.24, 2.45) is 0 Å². The first kappa shape index (κ1) is 25.2. The number of nitrogens with one attached hydrogen (secondary N) is 1. The molecule has 1 aromatic carbocycles. The third kappa shape index (κ3) is 5.48. The van der Waals surface area contributed by atoms with Crippen molar-refractivity contribution < 1.29 is 19.0 Å². The molecule has 192 valence electrons. The molecule has 2 aliphatic heterocycles. The Morgan fingerprint density at radius 1 is 1.22 bits per heavy atom. The number of ether oxygens (including phenoxy) is 3. The van der Waals surface area contributed by atoms with Crippen LogP contribution in [0.4, 0.5) is 5.82 Å². The fourth-order valence-corrected chi connectivity index (χ4v) is 5.19. The molecule has 0 radical (unpaired) electrons. The van der Waals surface area contributed by atoms with Gasteiger partial charge < -0.3 is 19.5 Å². The van der Waals surface area contributed by atoms with Crippen LogP contribution < -0.4 is 20.3 Å². The molecule has 0 aliphatic carbocycles. The molecule has 0 unspecified atom stereocenters. The lowest BCUT2D eigenvalue weighted by Crippen LogP contribution is -2.27. The Balaban J connectivity index is 1.41. The summed E-state index contributed by atoms with van der Waals surface area (Å²) in [6.07, 6.45) is 4.14. The topological polar surface area (TPSA) is 94.4 Å². The minimum Gasteiger partial charge on any atom is -0.454 e. The lowest BCUT2D eigenvalue weighted by molar-refractivity contribution is -0.122. The summed E-state index contributed by atoms with van der Waals surface area (Å²) in [5.41, 5.74) is 1.41. The average Bonchev–Trinajstić information content (AvgIpc) is 3.45. The van der Waals surface area contributed by atoms with E-state index in [9.17, 15) is 9.59 Å². The SMILES string of the molecule is CC(C)OCCCNc1nc2ccccn2c(=O)c1/C=C1\SC(=S)N(Cc2ccc3c(c2)OCO3)C1=O. The summed E-state index contributed by atoms with van der Waals surface area (Å²) in [4.78, 5) is 33.3. The third-order valence-electron chi connectivity index (χ3n) is 5.76. The predicted octanol–water partition coefficient (Wildman–Crippen LogP) is 4.05. The van der Waals surface area contributed by atoms with Crippen molar-refractivity contribution in [3.8, 4) is 11.5 Å². The highest BCUT2D eigenvalue weighted by Gasteiger charge is 2.33. The molecule has 5 rings (SSSR count). The van der Waals surface area contributed by atoms with Crippen molar-refractivity contribution in [2.45, 2.75) is 32.9 Å². The Kier molecular flexibility index (Phi) is 7.45. The van der Waals surface area contributed by atoms with E-state index in [1.165, 1.54) is 21.1 Å². The lowest BCUT2D eigenvalue weighted by atomic mass is 10.2. The Bertz CT molecular complexity index is 1450. The average molecular weight is 539 g/mol. The monoisotopic (exact) mass is 538 g/mol. The van der Waals surface area contributed by atoms with Crippen molar-refractivity contribution in [1.82, 2.24) is 14.3 Å². The minimum atomic E-state index is -0.271. The Labute approximate surface area is 223 Å². The van der Waals surface area contributed by atoms with Crippen molar-refractivity contribution >= 4 is 51.7 Å². The van der Waals surface area contributed by atoms with Crippen molar-refractivity contribution in [1.29, 1.82) is 0 Å². The summed E-state index contributed by atoms with van der Waals surface area (Å²) in [5.74, 6) is 1.47. The Morgan fingerprint density at radius 3 is 2.89 bits per heavy atom. The quantitative estimate of drug-likeness (QED) is 0.246. The maximum Gasteiger partial charge on any atom is 0.267 e. The van der Waals surface area contributed by atoms with Crippen LogP contribution in [0.5, 0.6) is 11.5 Å². The molecule has 11 heteroatoms. The van der Waals surface area contributed by atoms with Gasteiger partial charge in [-0.15, -0.1) is 0 Å². The molecule has 1 amide bonds. The van der Waals surface area contributed by atoms with Gasteiger partial charge in [0.25, 0.3) is 11.5 Å². The number of rotatable bonds is 9. The number of anilines is 1. The molecule has 4 heterocycles. The normalized spacial score (nSPS) is 16.0. The number of hydrogen-bond acceptors (Lipinski definition) is 9. The number of nitrogens with zero attached hydrogens (tertiary/aromatic N) is 3. The standard InChI is InChI=1S/C26H26N4O5S2/c1-16(2)33-11-5-9-27-23-18(24(31)29-10-4-3-6-22(29)28-23)13-21-25(32)30(26(36)37-21)14-17-7-8-19-20(12-17)35-15-34-19/h3-4,6-8,10,12-13,16,27H,5,9,11,14-15H2,1-2H3/b21-13-. The van der Waals surface area contributed by atoms with Crippen LogP contribution in [-0.2, 0) is 16.1 Å². The lowest BCUT2D eigenvalue weighted by Gasteiger charge is -2.15. The van der Waals surface area contributed by atoms with E-state index >= 15 is 0 Å². The minimum absolute atomic E-state index is 0.151. The second-order valence-corrected chi connectivity index (χ2v) is 10.4. The van der Waals surface area contributed by atoms with Crippen molar-refractivity contribution in [3.05, 3.63) is 69.0 Å². The molecule has 2 aromatic heterocycles. The number of carbonyl (C=O) groups excluding carboxylic acids is 1. The van der Waals surface area contributed by atoms with Crippen LogP contribution in [0.25, 0.3) is 11.7 Å². The van der Waals surface area contributed by atoms with Gasteiger partial charge in [-0.2, -0.15) is 0 Å². The Hall–Kier alpha value is -3.41. The van der Waals surface area contributed by atoms with Gasteiger partial charge in [-0.3, -0.25) is 18.9 Å². The molecular weight excluding hydrogens is 512 g/mol. The first-order valence-corrected chi connectivity index (χ1v) is 13.1. The van der Waals surface area contributed by atoms with Gasteiger partial charge >= 0.3 is 0 Å². The highest BCUT2D eigenvalue weighted by molar-refractivity contribution is 8.26. The molecule has 0 spiro atoms. The smallest absolute Gasteiger partial charge is 0.267 e. The molecule has 2 aliphatic rings. The highest BCUT2D eigenvalue weighted by atomic mass is 32.2. The number of amides is 1. The molecule has 1 fully saturated rings. The molecule has 37 heavy (non-hydrogen) atoms. The first-order chi connectivity index (χ1) is 17.9. The maximum absolute atomic E-state index is 13.4. The molecule has 3 aromatic rings. The van der Waals surface area contributed by atoms with E-state index in [4.69, 9.17) is 26.4 Å². The maximum atomic E-state index is 13.4. The van der Waals surface area contributed by atoms with Gasteiger partial charge in [0.05, 0.1) is 23.1 Å². The van der Waals surface area contributed by atoms with E-state index < -0.39 is 0 Å². The molecule has 1 saturated heterocycles. The van der Waals surface area contributed by atoms with E-state index in [0.29, 0.717) is 50.9 Å². The molecule has 0 atom stereocenters. The number of aromatic nitrogens is 2. The van der Waals surface area contributed by atoms with E-state index in [1.54, 1.807) is 24.4 Å². The van der Waals surface area contributed by atoms with Crippen LogP contribution in [0.15, 0.2) is 52.3 Å². The summed E-state index contributed by atoms with van der Waals surface area (Å²) in [6.45, 7) is 5.59. The zero-order valence-electron chi connectivity index (χ0n) is 20.4. The molecule has 0 saturated carbocycles. The zero-order valence-corrected chi connectivity index (χ0v) is 22.1. The largest absolute Gasteiger partial charge is 0.454 e. The number of benzene rings is 1. The van der Waals surface area contributed by atoms with Crippen molar-refractivity contribution in [3.63, 3.8) is 0 Å². The summed E-state index contributed by atoms with van der Waals surface area (Å²) in [5, 5.41) is 3.25. The molecule has 1 N–H and O–H groups in total. The number of thioether (sulfide) groups is 1. The van der Waals surface area contributed by atoms with E-state index in [0.717, 1.165) is 12.0 Å². The second-order valence-electron chi connectivity index (χ2n) is 8.76. The zero-order chi connectivity index (χ0) is 25.9. The van der Waals surface area contributed by atoms with Gasteiger partial charge in [0.15, 0.2) is 11.5 Å². The van der Waals surface area contributed by atoms with Gasteiger partial charge in [-0.25, -0.2) is 4.98 Å². The van der Waals surface area contributed by atoms with Gasteiger partial charge in [0.2, 0.25) is 6.79 Å². The van der Waals surface area contributed by atoms with Gasteiger partial charge in [-0.1, -0.05) is 36.1 Å². The number of carbonyl (C=O) groups is 1. The van der Waals surface area contributed by atoms with Crippen LogP contribution in [0.2, 0.25) is 0 Å². The molecule has 0 bridgehead atoms.